The van der Waals surface area contributed by atoms with Crippen molar-refractivity contribution in [1.82, 2.24) is 9.97 Å². The molecule has 7 heteroatoms. The molecule has 0 aliphatic rings. The summed E-state index contributed by atoms with van der Waals surface area (Å²) in [5, 5.41) is 6.12. The molecule has 1 heterocycles. The first-order chi connectivity index (χ1) is 12.1. The van der Waals surface area contributed by atoms with Gasteiger partial charge in [0.1, 0.15) is 23.8 Å². The summed E-state index contributed by atoms with van der Waals surface area (Å²) in [6.07, 6.45) is 1.40. The number of nitrogens with zero attached hydrogens (tertiary/aromatic N) is 2. The molecule has 2 aromatic carbocycles. The number of methoxy groups -OCH3 is 1. The minimum absolute atomic E-state index is 0.330. The molecule has 3 aromatic rings. The lowest BCUT2D eigenvalue weighted by molar-refractivity contribution is 0.0601. The van der Waals surface area contributed by atoms with Gasteiger partial charge in [-0.1, -0.05) is 6.07 Å². The van der Waals surface area contributed by atoms with Crippen molar-refractivity contribution in [3.05, 3.63) is 72.3 Å². The van der Waals surface area contributed by atoms with E-state index in [2.05, 4.69) is 25.3 Å². The first kappa shape index (κ1) is 16.4. The Kier molecular flexibility index (Phi) is 4.84. The predicted octanol–water partition coefficient (Wildman–Crippen LogP) is 3.89. The quantitative estimate of drug-likeness (QED) is 0.687. The Bertz CT molecular complexity index is 884. The van der Waals surface area contributed by atoms with E-state index in [1.807, 2.05) is 0 Å². The molecule has 0 saturated heterocycles. The minimum Gasteiger partial charge on any atom is -0.465 e. The largest absolute Gasteiger partial charge is 0.465 e. The summed E-state index contributed by atoms with van der Waals surface area (Å²) in [4.78, 5) is 19.7. The van der Waals surface area contributed by atoms with Gasteiger partial charge in [0.25, 0.3) is 0 Å². The highest BCUT2D eigenvalue weighted by molar-refractivity contribution is 5.89. The van der Waals surface area contributed by atoms with E-state index in [0.717, 1.165) is 5.69 Å². The number of halogens is 1. The Morgan fingerprint density at radius 1 is 0.960 bits per heavy atom. The van der Waals surface area contributed by atoms with Gasteiger partial charge in [0.15, 0.2) is 0 Å². The van der Waals surface area contributed by atoms with E-state index in [9.17, 15) is 9.18 Å². The van der Waals surface area contributed by atoms with Crippen LogP contribution in [0.15, 0.2) is 60.9 Å². The summed E-state index contributed by atoms with van der Waals surface area (Å²) in [6, 6.07) is 14.6. The summed E-state index contributed by atoms with van der Waals surface area (Å²) >= 11 is 0. The smallest absolute Gasteiger partial charge is 0.337 e. The zero-order chi connectivity index (χ0) is 17.6. The highest BCUT2D eigenvalue weighted by Crippen LogP contribution is 2.20. The van der Waals surface area contributed by atoms with Crippen LogP contribution in [-0.4, -0.2) is 23.0 Å². The molecule has 2 N–H and O–H groups in total. The first-order valence-corrected chi connectivity index (χ1v) is 7.44. The molecule has 0 fully saturated rings. The number of carbonyl (C=O) groups is 1. The average molecular weight is 338 g/mol. The van der Waals surface area contributed by atoms with E-state index in [1.54, 1.807) is 42.5 Å². The third-order valence-electron chi connectivity index (χ3n) is 3.34. The summed E-state index contributed by atoms with van der Waals surface area (Å²) < 4.78 is 17.9. The Morgan fingerprint density at radius 2 is 1.64 bits per heavy atom. The Balaban J connectivity index is 1.72. The maximum Gasteiger partial charge on any atom is 0.337 e. The number of esters is 1. The first-order valence-electron chi connectivity index (χ1n) is 7.44. The Morgan fingerprint density at radius 3 is 2.28 bits per heavy atom. The lowest BCUT2D eigenvalue weighted by atomic mass is 10.2. The number of hydrogen-bond donors (Lipinski definition) is 2. The lowest BCUT2D eigenvalue weighted by Gasteiger charge is -2.09. The topological polar surface area (TPSA) is 76.1 Å². The van der Waals surface area contributed by atoms with Gasteiger partial charge in [0, 0.05) is 17.4 Å². The van der Waals surface area contributed by atoms with E-state index >= 15 is 0 Å². The van der Waals surface area contributed by atoms with Crippen molar-refractivity contribution in [2.45, 2.75) is 0 Å². The minimum atomic E-state index is -0.393. The number of carbonyl (C=O) groups excluding carboxylic acids is 1. The second-order valence-electron chi connectivity index (χ2n) is 5.12. The van der Waals surface area contributed by atoms with Crippen molar-refractivity contribution in [2.75, 3.05) is 17.7 Å². The monoisotopic (exact) mass is 338 g/mol. The standard InChI is InChI=1S/C18H15FN4O2/c1-25-18(24)12-5-7-14(8-6-12)22-16-10-17(21-11-20-16)23-15-4-2-3-13(19)9-15/h2-11H,1H3,(H2,20,21,22,23). The molecule has 0 spiro atoms. The van der Waals surface area contributed by atoms with Crippen LogP contribution in [-0.2, 0) is 4.74 Å². The summed E-state index contributed by atoms with van der Waals surface area (Å²) in [5.74, 6) is 0.354. The van der Waals surface area contributed by atoms with Gasteiger partial charge in [-0.05, 0) is 42.5 Å². The van der Waals surface area contributed by atoms with Crippen LogP contribution in [0.25, 0.3) is 0 Å². The maximum absolute atomic E-state index is 13.2. The predicted molar refractivity (Wildman–Crippen MR) is 92.8 cm³/mol. The molecule has 0 amide bonds. The van der Waals surface area contributed by atoms with Crippen LogP contribution in [0.5, 0.6) is 0 Å². The molecule has 0 radical (unpaired) electrons. The second kappa shape index (κ2) is 7.39. The molecule has 0 bridgehead atoms. The van der Waals surface area contributed by atoms with Crippen LogP contribution in [0.1, 0.15) is 10.4 Å². The van der Waals surface area contributed by atoms with Crippen LogP contribution in [0, 0.1) is 5.82 Å². The molecule has 0 aliphatic carbocycles. The van der Waals surface area contributed by atoms with E-state index in [4.69, 9.17) is 0 Å². The number of ether oxygens (including phenoxy) is 1. The maximum atomic E-state index is 13.2. The third kappa shape index (κ3) is 4.29. The second-order valence-corrected chi connectivity index (χ2v) is 5.12. The fraction of sp³-hybridized carbons (Fsp3) is 0.0556. The van der Waals surface area contributed by atoms with Crippen molar-refractivity contribution in [3.63, 3.8) is 0 Å². The molecule has 0 atom stereocenters. The normalized spacial score (nSPS) is 10.2. The van der Waals surface area contributed by atoms with Crippen LogP contribution in [0.2, 0.25) is 0 Å². The van der Waals surface area contributed by atoms with Gasteiger partial charge in [-0.15, -0.1) is 0 Å². The number of rotatable bonds is 5. The van der Waals surface area contributed by atoms with Gasteiger partial charge in [-0.2, -0.15) is 0 Å². The Labute approximate surface area is 143 Å². The number of benzene rings is 2. The zero-order valence-corrected chi connectivity index (χ0v) is 13.4. The average Bonchev–Trinajstić information content (AvgIpc) is 2.62. The number of nitrogens with one attached hydrogen (secondary N) is 2. The third-order valence-corrected chi connectivity index (χ3v) is 3.34. The fourth-order valence-electron chi connectivity index (χ4n) is 2.16. The molecular formula is C18H15FN4O2. The highest BCUT2D eigenvalue weighted by atomic mass is 19.1. The van der Waals surface area contributed by atoms with Gasteiger partial charge in [0.2, 0.25) is 0 Å². The van der Waals surface area contributed by atoms with Crippen molar-refractivity contribution in [3.8, 4) is 0 Å². The van der Waals surface area contributed by atoms with Gasteiger partial charge in [0.05, 0.1) is 12.7 Å². The number of aromatic nitrogens is 2. The highest BCUT2D eigenvalue weighted by Gasteiger charge is 2.05. The number of hydrogen-bond acceptors (Lipinski definition) is 6. The van der Waals surface area contributed by atoms with Crippen molar-refractivity contribution < 1.29 is 13.9 Å². The molecule has 0 unspecified atom stereocenters. The van der Waals surface area contributed by atoms with Gasteiger partial charge < -0.3 is 15.4 Å². The van der Waals surface area contributed by atoms with Gasteiger partial charge in [-0.25, -0.2) is 19.2 Å². The van der Waals surface area contributed by atoms with E-state index in [1.165, 1.54) is 25.6 Å². The molecular weight excluding hydrogens is 323 g/mol. The van der Waals surface area contributed by atoms with Gasteiger partial charge >= 0.3 is 5.97 Å². The summed E-state index contributed by atoms with van der Waals surface area (Å²) in [5.41, 5.74) is 1.80. The van der Waals surface area contributed by atoms with Crippen LogP contribution in [0.3, 0.4) is 0 Å². The zero-order valence-electron chi connectivity index (χ0n) is 13.4. The molecule has 6 nitrogen and oxygen atoms in total. The van der Waals surface area contributed by atoms with E-state index in [0.29, 0.717) is 22.9 Å². The van der Waals surface area contributed by atoms with Crippen molar-refractivity contribution in [1.29, 1.82) is 0 Å². The Hall–Kier alpha value is -3.48. The molecule has 1 aromatic heterocycles. The van der Waals surface area contributed by atoms with Crippen molar-refractivity contribution >= 4 is 29.0 Å². The van der Waals surface area contributed by atoms with Crippen LogP contribution in [0.4, 0.5) is 27.4 Å². The van der Waals surface area contributed by atoms with Crippen LogP contribution < -0.4 is 10.6 Å². The van der Waals surface area contributed by atoms with E-state index < -0.39 is 5.97 Å². The van der Waals surface area contributed by atoms with E-state index in [-0.39, 0.29) is 5.82 Å². The molecule has 0 aliphatic heterocycles. The molecule has 126 valence electrons. The number of anilines is 4. The molecule has 3 rings (SSSR count). The van der Waals surface area contributed by atoms with Gasteiger partial charge in [-0.3, -0.25) is 0 Å². The SMILES string of the molecule is COC(=O)c1ccc(Nc2cc(Nc3cccc(F)c3)ncn2)cc1. The lowest BCUT2D eigenvalue weighted by Crippen LogP contribution is -2.01. The molecule has 25 heavy (non-hydrogen) atoms. The molecule has 0 saturated carbocycles. The summed E-state index contributed by atoms with van der Waals surface area (Å²) in [6.45, 7) is 0. The van der Waals surface area contributed by atoms with Crippen LogP contribution >= 0.6 is 0 Å². The van der Waals surface area contributed by atoms with Crippen molar-refractivity contribution in [2.24, 2.45) is 0 Å². The fourth-order valence-corrected chi connectivity index (χ4v) is 2.16. The summed E-state index contributed by atoms with van der Waals surface area (Å²) in [7, 11) is 1.34.